The Bertz CT molecular complexity index is 1340. The van der Waals surface area contributed by atoms with Crippen LogP contribution in [0.3, 0.4) is 0 Å². The van der Waals surface area contributed by atoms with E-state index < -0.39 is 16.1 Å². The van der Waals surface area contributed by atoms with Gasteiger partial charge in [-0.3, -0.25) is 9.69 Å². The van der Waals surface area contributed by atoms with E-state index in [2.05, 4.69) is 25.6 Å². The van der Waals surface area contributed by atoms with Crippen LogP contribution in [0.2, 0.25) is 0 Å². The molecule has 1 atom stereocenters. The summed E-state index contributed by atoms with van der Waals surface area (Å²) in [5, 5.41) is 0. The maximum Gasteiger partial charge on any atom is 0.241 e. The van der Waals surface area contributed by atoms with Crippen LogP contribution in [0.4, 0.5) is 0 Å². The number of benzene rings is 3. The zero-order chi connectivity index (χ0) is 25.8. The van der Waals surface area contributed by atoms with Crippen molar-refractivity contribution >= 4 is 31.9 Å². The average Bonchev–Trinajstić information content (AvgIpc) is 3.37. The first-order valence-corrected chi connectivity index (χ1v) is 14.4. The minimum absolute atomic E-state index is 0.120. The predicted octanol–water partition coefficient (Wildman–Crippen LogP) is 3.41. The van der Waals surface area contributed by atoms with Crippen molar-refractivity contribution in [3.8, 4) is 11.5 Å². The molecule has 2 aliphatic heterocycles. The first kappa shape index (κ1) is 25.7. The zero-order valence-corrected chi connectivity index (χ0v) is 22.6. The van der Waals surface area contributed by atoms with Crippen molar-refractivity contribution in [2.75, 3.05) is 33.0 Å². The zero-order valence-electron chi connectivity index (χ0n) is 20.2. The first-order valence-electron chi connectivity index (χ1n) is 12.1. The van der Waals surface area contributed by atoms with Crippen LogP contribution in [0.5, 0.6) is 11.5 Å². The number of rotatable bonds is 8. The van der Waals surface area contributed by atoms with E-state index in [4.69, 9.17) is 9.47 Å². The summed E-state index contributed by atoms with van der Waals surface area (Å²) in [7, 11) is -3.89. The maximum absolute atomic E-state index is 13.6. The predicted molar refractivity (Wildman–Crippen MR) is 143 cm³/mol. The molecule has 0 bridgehead atoms. The molecule has 1 fully saturated rings. The van der Waals surface area contributed by atoms with E-state index in [1.807, 2.05) is 48.5 Å². The molecule has 3 aromatic rings. The highest BCUT2D eigenvalue weighted by Crippen LogP contribution is 2.33. The lowest BCUT2D eigenvalue weighted by Crippen LogP contribution is -2.55. The van der Waals surface area contributed by atoms with Crippen molar-refractivity contribution in [1.29, 1.82) is 0 Å². The van der Waals surface area contributed by atoms with Gasteiger partial charge in [0, 0.05) is 37.2 Å². The Labute approximate surface area is 225 Å². The third-order valence-electron chi connectivity index (χ3n) is 6.53. The van der Waals surface area contributed by atoms with Gasteiger partial charge in [-0.25, -0.2) is 8.42 Å². The van der Waals surface area contributed by atoms with E-state index >= 15 is 0 Å². The van der Waals surface area contributed by atoms with Crippen LogP contribution in [-0.4, -0.2) is 63.1 Å². The van der Waals surface area contributed by atoms with Crippen LogP contribution in [0.25, 0.3) is 0 Å². The summed E-state index contributed by atoms with van der Waals surface area (Å²) >= 11 is 3.33. The fourth-order valence-corrected chi connectivity index (χ4v) is 6.00. The summed E-state index contributed by atoms with van der Waals surface area (Å²) in [4.78, 5) is 17.8. The molecule has 1 N–H and O–H groups in total. The topological polar surface area (TPSA) is 88.2 Å². The van der Waals surface area contributed by atoms with E-state index in [0.717, 1.165) is 33.6 Å². The van der Waals surface area contributed by atoms with Crippen LogP contribution < -0.4 is 14.2 Å². The third-order valence-corrected chi connectivity index (χ3v) is 8.55. The highest BCUT2D eigenvalue weighted by Gasteiger charge is 2.31. The van der Waals surface area contributed by atoms with Crippen LogP contribution >= 0.6 is 15.9 Å². The summed E-state index contributed by atoms with van der Waals surface area (Å²) in [5.41, 5.74) is 2.01. The number of fused-ring (bicyclic) bond motifs is 1. The maximum atomic E-state index is 13.6. The van der Waals surface area contributed by atoms with Crippen molar-refractivity contribution in [1.82, 2.24) is 14.5 Å². The molecular weight excluding hydrogens is 558 g/mol. The van der Waals surface area contributed by atoms with Gasteiger partial charge >= 0.3 is 0 Å². The second kappa shape index (κ2) is 11.2. The van der Waals surface area contributed by atoms with Crippen molar-refractivity contribution in [3.05, 3.63) is 88.4 Å². The highest BCUT2D eigenvalue weighted by atomic mass is 79.9. The number of halogens is 1. The number of carbonyl (C=O) groups is 1. The molecule has 2 heterocycles. The Morgan fingerprint density at radius 1 is 0.892 bits per heavy atom. The molecule has 3 aromatic carbocycles. The smallest absolute Gasteiger partial charge is 0.241 e. The SMILES string of the molecule is O=C([C@@H](Cc1ccccc1)NS(=O)(=O)c1ccc(Br)cc1)N1CCN(Cc2ccc3c(c2)OCO3)CC1. The lowest BCUT2D eigenvalue weighted by Gasteiger charge is -2.36. The number of piperazine rings is 1. The number of nitrogens with one attached hydrogen (secondary N) is 1. The van der Waals surface area contributed by atoms with Crippen molar-refractivity contribution in [2.24, 2.45) is 0 Å². The number of ether oxygens (including phenoxy) is 2. The summed E-state index contributed by atoms with van der Waals surface area (Å²) in [5.74, 6) is 1.30. The van der Waals surface area contributed by atoms with Gasteiger partial charge in [0.1, 0.15) is 6.04 Å². The van der Waals surface area contributed by atoms with Gasteiger partial charge in [-0.2, -0.15) is 4.72 Å². The molecule has 2 aliphatic rings. The Balaban J connectivity index is 1.26. The van der Waals surface area contributed by atoms with Gasteiger partial charge < -0.3 is 14.4 Å². The standard InChI is InChI=1S/C27H28BrN3O5S/c28-22-7-9-23(10-8-22)37(33,34)29-24(16-20-4-2-1-3-5-20)27(32)31-14-12-30(13-15-31)18-21-6-11-25-26(17-21)36-19-35-25/h1-11,17,24,29H,12-16,18-19H2/t24-/m1/s1. The van der Waals surface area contributed by atoms with E-state index in [9.17, 15) is 13.2 Å². The number of sulfonamides is 1. The molecule has 5 rings (SSSR count). The quantitative estimate of drug-likeness (QED) is 0.436. The Morgan fingerprint density at radius 3 is 2.32 bits per heavy atom. The molecule has 194 valence electrons. The molecule has 0 unspecified atom stereocenters. The molecule has 0 aliphatic carbocycles. The molecular formula is C27H28BrN3O5S. The van der Waals surface area contributed by atoms with Gasteiger partial charge in [0.2, 0.25) is 22.7 Å². The molecule has 8 nitrogen and oxygen atoms in total. The van der Waals surface area contributed by atoms with Crippen molar-refractivity contribution in [2.45, 2.75) is 23.9 Å². The van der Waals surface area contributed by atoms with Crippen LogP contribution in [0.15, 0.2) is 82.2 Å². The number of amides is 1. The monoisotopic (exact) mass is 585 g/mol. The highest BCUT2D eigenvalue weighted by molar-refractivity contribution is 9.10. The molecule has 1 amide bonds. The number of hydrogen-bond acceptors (Lipinski definition) is 6. The second-order valence-electron chi connectivity index (χ2n) is 9.11. The van der Waals surface area contributed by atoms with Gasteiger partial charge in [0.25, 0.3) is 0 Å². The third kappa shape index (κ3) is 6.32. The van der Waals surface area contributed by atoms with Crippen LogP contribution in [0, 0.1) is 0 Å². The minimum atomic E-state index is -3.89. The van der Waals surface area contributed by atoms with Crippen molar-refractivity contribution in [3.63, 3.8) is 0 Å². The Hall–Kier alpha value is -2.92. The van der Waals surface area contributed by atoms with E-state index in [0.29, 0.717) is 26.2 Å². The molecule has 10 heteroatoms. The number of hydrogen-bond donors (Lipinski definition) is 1. The Kier molecular flexibility index (Phi) is 7.80. The fourth-order valence-electron chi connectivity index (χ4n) is 4.54. The lowest BCUT2D eigenvalue weighted by atomic mass is 10.1. The molecule has 0 spiro atoms. The van der Waals surface area contributed by atoms with E-state index in [1.54, 1.807) is 17.0 Å². The molecule has 0 saturated carbocycles. The van der Waals surface area contributed by atoms with Gasteiger partial charge in [-0.1, -0.05) is 52.3 Å². The lowest BCUT2D eigenvalue weighted by molar-refractivity contribution is -0.134. The molecule has 0 radical (unpaired) electrons. The van der Waals surface area contributed by atoms with Gasteiger partial charge in [-0.05, 0) is 53.9 Å². The van der Waals surface area contributed by atoms with Gasteiger partial charge in [-0.15, -0.1) is 0 Å². The molecule has 37 heavy (non-hydrogen) atoms. The van der Waals surface area contributed by atoms with Crippen LogP contribution in [-0.2, 0) is 27.8 Å². The van der Waals surface area contributed by atoms with E-state index in [-0.39, 0.29) is 24.0 Å². The Morgan fingerprint density at radius 2 is 1.59 bits per heavy atom. The molecule has 1 saturated heterocycles. The summed E-state index contributed by atoms with van der Waals surface area (Å²) in [6, 6.07) is 20.9. The normalized spacial score (nSPS) is 16.5. The second-order valence-corrected chi connectivity index (χ2v) is 11.7. The van der Waals surface area contributed by atoms with E-state index in [1.165, 1.54) is 12.1 Å². The van der Waals surface area contributed by atoms with Gasteiger partial charge in [0.05, 0.1) is 4.90 Å². The summed E-state index contributed by atoms with van der Waals surface area (Å²) < 4.78 is 40.6. The first-order chi connectivity index (χ1) is 17.9. The number of carbonyl (C=O) groups excluding carboxylic acids is 1. The van der Waals surface area contributed by atoms with Crippen LogP contribution in [0.1, 0.15) is 11.1 Å². The number of nitrogens with zero attached hydrogens (tertiary/aromatic N) is 2. The van der Waals surface area contributed by atoms with Gasteiger partial charge in [0.15, 0.2) is 11.5 Å². The fraction of sp³-hybridized carbons (Fsp3) is 0.296. The summed E-state index contributed by atoms with van der Waals surface area (Å²) in [6.07, 6.45) is 0.271. The average molecular weight is 587 g/mol. The summed E-state index contributed by atoms with van der Waals surface area (Å²) in [6.45, 7) is 3.41. The molecule has 0 aromatic heterocycles. The largest absolute Gasteiger partial charge is 0.454 e. The minimum Gasteiger partial charge on any atom is -0.454 e. The van der Waals surface area contributed by atoms with Crippen molar-refractivity contribution < 1.29 is 22.7 Å².